The van der Waals surface area contributed by atoms with Crippen molar-refractivity contribution in [2.24, 2.45) is 5.10 Å². The molecule has 0 aliphatic carbocycles. The zero-order chi connectivity index (χ0) is 28.1. The smallest absolute Gasteiger partial charge is 0.315 e. The van der Waals surface area contributed by atoms with Crippen molar-refractivity contribution in [3.63, 3.8) is 0 Å². The second-order valence-corrected chi connectivity index (χ2v) is 9.83. The Bertz CT molecular complexity index is 1480. The zero-order valence-corrected chi connectivity index (χ0v) is 23.3. The number of nitro groups is 1. The molecular formula is C26H28BrN5O7. The maximum atomic E-state index is 13.4. The maximum Gasteiger partial charge on any atom is 0.315 e. The molecule has 0 radical (unpaired) electrons. The first-order valence-electron chi connectivity index (χ1n) is 12.3. The van der Waals surface area contributed by atoms with Crippen molar-refractivity contribution in [2.45, 2.75) is 26.2 Å². The number of fused-ring (bicyclic) bond motifs is 1. The lowest BCUT2D eigenvalue weighted by molar-refractivity contribution is -0.385. The van der Waals surface area contributed by atoms with Crippen molar-refractivity contribution in [3.05, 3.63) is 66.7 Å². The van der Waals surface area contributed by atoms with Crippen molar-refractivity contribution >= 4 is 44.6 Å². The Morgan fingerprint density at radius 2 is 2.05 bits per heavy atom. The van der Waals surface area contributed by atoms with E-state index in [9.17, 15) is 19.7 Å². The second kappa shape index (κ2) is 12.3. The largest absolute Gasteiger partial charge is 0.493 e. The third-order valence-corrected chi connectivity index (χ3v) is 6.88. The van der Waals surface area contributed by atoms with Gasteiger partial charge in [0.2, 0.25) is 5.75 Å². The fourth-order valence-corrected chi connectivity index (χ4v) is 4.42. The number of rotatable bonds is 9. The lowest BCUT2D eigenvalue weighted by Crippen LogP contribution is -2.43. The molecule has 39 heavy (non-hydrogen) atoms. The number of hydrogen-bond donors (Lipinski definition) is 0. The number of morpholine rings is 1. The summed E-state index contributed by atoms with van der Waals surface area (Å²) in [7, 11) is 1.34. The second-order valence-electron chi connectivity index (χ2n) is 8.91. The van der Waals surface area contributed by atoms with Crippen LogP contribution in [0, 0.1) is 10.1 Å². The van der Waals surface area contributed by atoms with Gasteiger partial charge in [-0.2, -0.15) is 9.78 Å². The highest BCUT2D eigenvalue weighted by Crippen LogP contribution is 2.38. The number of halogens is 1. The maximum absolute atomic E-state index is 13.4. The first-order valence-corrected chi connectivity index (χ1v) is 13.1. The molecule has 1 aromatic heterocycles. The minimum atomic E-state index is -0.625. The molecule has 2 heterocycles. The van der Waals surface area contributed by atoms with E-state index in [-0.39, 0.29) is 28.9 Å². The molecule has 1 fully saturated rings. The monoisotopic (exact) mass is 601 g/mol. The SMILES string of the molecule is CC[C@H](C)c1nc2ccc(Br)cc2c(=O)n1N=Cc1cc(OC)c(OCC(=O)N2CCOCC2)c([N+](=O)[O-])c1. The number of amides is 1. The van der Waals surface area contributed by atoms with Gasteiger partial charge in [0, 0.05) is 35.1 Å². The van der Waals surface area contributed by atoms with Crippen molar-refractivity contribution in [3.8, 4) is 11.5 Å². The summed E-state index contributed by atoms with van der Waals surface area (Å²) in [4.78, 5) is 43.4. The predicted octanol–water partition coefficient (Wildman–Crippen LogP) is 3.71. The number of hydrogen-bond acceptors (Lipinski definition) is 9. The van der Waals surface area contributed by atoms with Crippen molar-refractivity contribution in [1.82, 2.24) is 14.6 Å². The van der Waals surface area contributed by atoms with Gasteiger partial charge in [-0.15, -0.1) is 0 Å². The quantitative estimate of drug-likeness (QED) is 0.205. The molecule has 3 aromatic rings. The van der Waals surface area contributed by atoms with Crippen LogP contribution in [-0.4, -0.2) is 71.6 Å². The molecule has 1 amide bonds. The molecular weight excluding hydrogens is 574 g/mol. The molecule has 0 unspecified atom stereocenters. The third kappa shape index (κ3) is 6.25. The van der Waals surface area contributed by atoms with Crippen LogP contribution in [-0.2, 0) is 9.53 Å². The van der Waals surface area contributed by atoms with E-state index in [1.165, 1.54) is 30.1 Å². The molecule has 0 spiro atoms. The first-order chi connectivity index (χ1) is 18.7. The van der Waals surface area contributed by atoms with Gasteiger partial charge in [-0.25, -0.2) is 4.98 Å². The molecule has 206 valence electrons. The fraction of sp³-hybridized carbons (Fsp3) is 0.385. The fourth-order valence-electron chi connectivity index (χ4n) is 4.06. The summed E-state index contributed by atoms with van der Waals surface area (Å²) in [5.74, 6) is -0.0396. The summed E-state index contributed by atoms with van der Waals surface area (Å²) in [6, 6.07) is 7.99. The van der Waals surface area contributed by atoms with E-state index >= 15 is 0 Å². The van der Waals surface area contributed by atoms with Gasteiger partial charge in [-0.1, -0.05) is 29.8 Å². The third-order valence-electron chi connectivity index (χ3n) is 6.39. The lowest BCUT2D eigenvalue weighted by Gasteiger charge is -2.26. The number of methoxy groups -OCH3 is 1. The Kier molecular flexibility index (Phi) is 8.92. The van der Waals surface area contributed by atoms with E-state index < -0.39 is 17.2 Å². The Labute approximate surface area is 232 Å². The van der Waals surface area contributed by atoms with Gasteiger partial charge < -0.3 is 19.1 Å². The number of benzene rings is 2. The standard InChI is InChI=1S/C26H28BrN5O7/c1-4-16(2)25-29-20-6-5-18(27)13-19(20)26(34)31(25)28-14-17-11-21(32(35)36)24(22(12-17)37-3)39-15-23(33)30-7-9-38-10-8-30/h5-6,11-14,16H,4,7-10,15H2,1-3H3/t16-/m0/s1. The number of carbonyl (C=O) groups is 1. The normalized spacial score (nSPS) is 14.5. The van der Waals surface area contributed by atoms with Crippen LogP contribution in [0.3, 0.4) is 0 Å². The van der Waals surface area contributed by atoms with Crippen molar-refractivity contribution in [1.29, 1.82) is 0 Å². The van der Waals surface area contributed by atoms with Gasteiger partial charge in [0.15, 0.2) is 12.4 Å². The average Bonchev–Trinajstić information content (AvgIpc) is 2.95. The van der Waals surface area contributed by atoms with Crippen LogP contribution in [0.15, 0.2) is 44.7 Å². The summed E-state index contributed by atoms with van der Waals surface area (Å²) < 4.78 is 18.1. The van der Waals surface area contributed by atoms with Gasteiger partial charge in [-0.05, 0) is 30.7 Å². The highest BCUT2D eigenvalue weighted by Gasteiger charge is 2.25. The minimum Gasteiger partial charge on any atom is -0.493 e. The predicted molar refractivity (Wildman–Crippen MR) is 148 cm³/mol. The van der Waals surface area contributed by atoms with Crippen LogP contribution >= 0.6 is 15.9 Å². The highest BCUT2D eigenvalue weighted by atomic mass is 79.9. The Balaban J connectivity index is 1.70. The summed E-state index contributed by atoms with van der Waals surface area (Å²) >= 11 is 3.38. The van der Waals surface area contributed by atoms with E-state index in [0.29, 0.717) is 48.6 Å². The van der Waals surface area contributed by atoms with Gasteiger partial charge in [0.1, 0.15) is 5.82 Å². The number of nitro benzene ring substituents is 1. The molecule has 1 atom stereocenters. The topological polar surface area (TPSA) is 138 Å². The lowest BCUT2D eigenvalue weighted by atomic mass is 10.1. The Morgan fingerprint density at radius 3 is 2.72 bits per heavy atom. The highest BCUT2D eigenvalue weighted by molar-refractivity contribution is 9.10. The molecule has 13 heteroatoms. The summed E-state index contributed by atoms with van der Waals surface area (Å²) in [6.07, 6.45) is 2.05. The van der Waals surface area contributed by atoms with E-state index in [1.807, 2.05) is 19.9 Å². The number of carbonyl (C=O) groups excluding carboxylic acids is 1. The van der Waals surface area contributed by atoms with Crippen LogP contribution in [0.2, 0.25) is 0 Å². The van der Waals surface area contributed by atoms with E-state index in [4.69, 9.17) is 14.2 Å². The van der Waals surface area contributed by atoms with Gasteiger partial charge in [0.25, 0.3) is 11.5 Å². The molecule has 12 nitrogen and oxygen atoms in total. The van der Waals surface area contributed by atoms with Gasteiger partial charge in [-0.3, -0.25) is 19.7 Å². The minimum absolute atomic E-state index is 0.0514. The number of aromatic nitrogens is 2. The van der Waals surface area contributed by atoms with Crippen LogP contribution in [0.5, 0.6) is 11.5 Å². The summed E-state index contributed by atoms with van der Waals surface area (Å²) in [6.45, 7) is 5.23. The summed E-state index contributed by atoms with van der Waals surface area (Å²) in [5, 5.41) is 16.7. The first kappa shape index (κ1) is 28.2. The molecule has 1 aliphatic rings. The Hall–Kier alpha value is -3.84. The molecule has 0 bridgehead atoms. The molecule has 4 rings (SSSR count). The molecule has 1 aliphatic heterocycles. The van der Waals surface area contributed by atoms with Gasteiger partial charge >= 0.3 is 5.69 Å². The van der Waals surface area contributed by atoms with Crippen LogP contribution in [0.1, 0.15) is 37.6 Å². The summed E-state index contributed by atoms with van der Waals surface area (Å²) in [5.41, 5.74) is 0.0775. The molecule has 2 aromatic carbocycles. The van der Waals surface area contributed by atoms with E-state index in [2.05, 4.69) is 26.0 Å². The van der Waals surface area contributed by atoms with Crippen LogP contribution in [0.25, 0.3) is 10.9 Å². The molecule has 0 saturated carbocycles. The van der Waals surface area contributed by atoms with Gasteiger partial charge in [0.05, 0.1) is 42.4 Å². The average molecular weight is 602 g/mol. The molecule has 1 saturated heterocycles. The van der Waals surface area contributed by atoms with Crippen LogP contribution < -0.4 is 15.0 Å². The van der Waals surface area contributed by atoms with Crippen LogP contribution in [0.4, 0.5) is 5.69 Å². The number of nitrogens with zero attached hydrogens (tertiary/aromatic N) is 5. The van der Waals surface area contributed by atoms with Crippen molar-refractivity contribution < 1.29 is 23.9 Å². The van der Waals surface area contributed by atoms with Crippen molar-refractivity contribution in [2.75, 3.05) is 40.0 Å². The zero-order valence-electron chi connectivity index (χ0n) is 21.8. The Morgan fingerprint density at radius 1 is 1.31 bits per heavy atom. The number of ether oxygens (including phenoxy) is 3. The molecule has 0 N–H and O–H groups in total. The van der Waals surface area contributed by atoms with E-state index in [0.717, 1.165) is 10.9 Å². The van der Waals surface area contributed by atoms with E-state index in [1.54, 1.807) is 17.0 Å².